The van der Waals surface area contributed by atoms with Crippen molar-refractivity contribution in [2.24, 2.45) is 5.41 Å². The lowest BCUT2D eigenvalue weighted by Gasteiger charge is -2.29. The molecule has 34 heavy (non-hydrogen) atoms. The Morgan fingerprint density at radius 1 is 1.15 bits per heavy atom. The van der Waals surface area contributed by atoms with Crippen molar-refractivity contribution in [3.05, 3.63) is 76.3 Å². The molecule has 3 aromatic rings. The molecule has 1 aliphatic rings. The van der Waals surface area contributed by atoms with Crippen molar-refractivity contribution in [3.8, 4) is 17.0 Å². The Morgan fingerprint density at radius 3 is 2.50 bits per heavy atom. The van der Waals surface area contributed by atoms with Gasteiger partial charge in [0, 0.05) is 22.9 Å². The summed E-state index contributed by atoms with van der Waals surface area (Å²) in [5, 5.41) is 24.1. The maximum Gasteiger partial charge on any atom is 0.294 e. The molecule has 3 heterocycles. The minimum Gasteiger partial charge on any atom is -0.503 e. The molecule has 0 aliphatic carbocycles. The minimum atomic E-state index is -0.936. The van der Waals surface area contributed by atoms with Gasteiger partial charge in [-0.15, -0.1) is 0 Å². The van der Waals surface area contributed by atoms with Gasteiger partial charge in [-0.25, -0.2) is 4.98 Å². The van der Waals surface area contributed by atoms with Crippen LogP contribution in [0, 0.1) is 5.41 Å². The monoisotopic (exact) mass is 478 g/mol. The van der Waals surface area contributed by atoms with Gasteiger partial charge in [0.15, 0.2) is 11.5 Å². The number of amides is 1. The van der Waals surface area contributed by atoms with E-state index in [1.807, 2.05) is 29.0 Å². The van der Waals surface area contributed by atoms with Crippen LogP contribution in [0.2, 0.25) is 0 Å². The third-order valence-electron chi connectivity index (χ3n) is 5.56. The number of carbonyl (C=O) groups is 2. The molecular formula is C26H26N2O5S. The topological polar surface area (TPSA) is 100.0 Å². The van der Waals surface area contributed by atoms with Crippen molar-refractivity contribution in [1.82, 2.24) is 4.98 Å². The Balaban J connectivity index is 1.84. The van der Waals surface area contributed by atoms with Crippen LogP contribution >= 0.6 is 11.3 Å². The van der Waals surface area contributed by atoms with Gasteiger partial charge < -0.3 is 14.9 Å². The standard InChI is InChI=1S/C26H26N2O5S/c1-26(2,3)23(31)20-21(19-5-4-11-27-24(19)33-13-12-29)28(25(32)22(20)30)18-8-6-16(7-9-18)17-10-14-34-15-17/h4-11,14-15,21,29-30H,12-13H2,1-3H3. The predicted molar refractivity (Wildman–Crippen MR) is 131 cm³/mol. The number of Topliss-reactive ketones (excluding diaryl/α,β-unsaturated/α-hetero) is 1. The largest absolute Gasteiger partial charge is 0.503 e. The lowest BCUT2D eigenvalue weighted by atomic mass is 9.82. The SMILES string of the molecule is CC(C)(C)C(=O)C1=C(O)C(=O)N(c2ccc(-c3ccsc3)cc2)C1c1cccnc1OCCO. The summed E-state index contributed by atoms with van der Waals surface area (Å²) in [5.74, 6) is -1.41. The first-order chi connectivity index (χ1) is 16.2. The fraction of sp³-hybridized carbons (Fsp3) is 0.269. The Morgan fingerprint density at radius 2 is 1.88 bits per heavy atom. The number of aliphatic hydroxyl groups is 2. The van der Waals surface area contributed by atoms with E-state index in [4.69, 9.17) is 4.74 Å². The highest BCUT2D eigenvalue weighted by Gasteiger charge is 2.47. The van der Waals surface area contributed by atoms with E-state index in [-0.39, 0.29) is 30.5 Å². The number of benzene rings is 1. The molecule has 0 saturated carbocycles. The van der Waals surface area contributed by atoms with Crippen molar-refractivity contribution in [2.45, 2.75) is 26.8 Å². The number of hydrogen-bond acceptors (Lipinski definition) is 7. The zero-order valence-electron chi connectivity index (χ0n) is 19.2. The first-order valence-corrected chi connectivity index (χ1v) is 11.8. The van der Waals surface area contributed by atoms with Crippen molar-refractivity contribution in [1.29, 1.82) is 0 Å². The van der Waals surface area contributed by atoms with Crippen LogP contribution in [-0.4, -0.2) is 40.1 Å². The molecule has 2 N–H and O–H groups in total. The maximum absolute atomic E-state index is 13.4. The van der Waals surface area contributed by atoms with Crippen LogP contribution in [0.15, 0.2) is 70.8 Å². The predicted octanol–water partition coefficient (Wildman–Crippen LogP) is 4.70. The van der Waals surface area contributed by atoms with Gasteiger partial charge in [0.25, 0.3) is 5.91 Å². The summed E-state index contributed by atoms with van der Waals surface area (Å²) in [4.78, 5) is 32.4. The first kappa shape index (κ1) is 23.7. The van der Waals surface area contributed by atoms with Crippen LogP contribution in [0.4, 0.5) is 5.69 Å². The first-order valence-electron chi connectivity index (χ1n) is 10.9. The molecule has 0 spiro atoms. The third kappa shape index (κ3) is 4.34. The number of ether oxygens (including phenoxy) is 1. The highest BCUT2D eigenvalue weighted by Crippen LogP contribution is 2.45. The molecule has 0 saturated heterocycles. The van der Waals surface area contributed by atoms with Gasteiger partial charge in [-0.1, -0.05) is 32.9 Å². The van der Waals surface area contributed by atoms with E-state index in [1.54, 1.807) is 56.4 Å². The van der Waals surface area contributed by atoms with Crippen LogP contribution < -0.4 is 9.64 Å². The quantitative estimate of drug-likeness (QED) is 0.511. The molecule has 0 bridgehead atoms. The molecule has 1 unspecified atom stereocenters. The van der Waals surface area contributed by atoms with E-state index in [0.717, 1.165) is 11.1 Å². The second kappa shape index (κ2) is 9.40. The molecule has 1 aliphatic heterocycles. The number of aliphatic hydroxyl groups excluding tert-OH is 2. The number of thiophene rings is 1. The van der Waals surface area contributed by atoms with Crippen molar-refractivity contribution >= 4 is 28.7 Å². The second-order valence-corrected chi connectivity index (χ2v) is 9.73. The zero-order chi connectivity index (χ0) is 24.5. The molecule has 4 rings (SSSR count). The van der Waals surface area contributed by atoms with Crippen LogP contribution in [0.25, 0.3) is 11.1 Å². The smallest absolute Gasteiger partial charge is 0.294 e. The van der Waals surface area contributed by atoms with Crippen LogP contribution in [-0.2, 0) is 9.59 Å². The zero-order valence-corrected chi connectivity index (χ0v) is 20.0. The van der Waals surface area contributed by atoms with Gasteiger partial charge in [-0.2, -0.15) is 11.3 Å². The highest BCUT2D eigenvalue weighted by molar-refractivity contribution is 7.08. The van der Waals surface area contributed by atoms with E-state index in [2.05, 4.69) is 4.98 Å². The van der Waals surface area contributed by atoms with Crippen molar-refractivity contribution in [2.75, 3.05) is 18.1 Å². The lowest BCUT2D eigenvalue weighted by Crippen LogP contribution is -2.33. The van der Waals surface area contributed by atoms with Gasteiger partial charge >= 0.3 is 0 Å². The van der Waals surface area contributed by atoms with E-state index in [0.29, 0.717) is 11.3 Å². The molecule has 8 heteroatoms. The molecular weight excluding hydrogens is 452 g/mol. The molecule has 7 nitrogen and oxygen atoms in total. The average Bonchev–Trinajstić information content (AvgIpc) is 3.44. The van der Waals surface area contributed by atoms with E-state index >= 15 is 0 Å². The lowest BCUT2D eigenvalue weighted by molar-refractivity contribution is -0.123. The summed E-state index contributed by atoms with van der Waals surface area (Å²) in [5.41, 5.74) is 2.19. The summed E-state index contributed by atoms with van der Waals surface area (Å²) in [7, 11) is 0. The van der Waals surface area contributed by atoms with Crippen LogP contribution in [0.1, 0.15) is 32.4 Å². The summed E-state index contributed by atoms with van der Waals surface area (Å²) in [6.07, 6.45) is 1.53. The minimum absolute atomic E-state index is 0.00117. The van der Waals surface area contributed by atoms with Gasteiger partial charge in [0.1, 0.15) is 12.6 Å². The van der Waals surface area contributed by atoms with Gasteiger partial charge in [-0.05, 0) is 52.2 Å². The maximum atomic E-state index is 13.4. The number of ketones is 1. The Bertz CT molecular complexity index is 1230. The molecule has 1 aromatic carbocycles. The number of nitrogens with zero attached hydrogens (tertiary/aromatic N) is 2. The number of anilines is 1. The fourth-order valence-corrected chi connectivity index (χ4v) is 4.58. The second-order valence-electron chi connectivity index (χ2n) is 8.95. The highest BCUT2D eigenvalue weighted by atomic mass is 32.1. The average molecular weight is 479 g/mol. The number of pyridine rings is 1. The molecule has 0 radical (unpaired) electrons. The molecule has 1 amide bonds. The third-order valence-corrected chi connectivity index (χ3v) is 6.24. The van der Waals surface area contributed by atoms with Crippen molar-refractivity contribution < 1.29 is 24.5 Å². The van der Waals surface area contributed by atoms with E-state index in [9.17, 15) is 19.8 Å². The summed E-state index contributed by atoms with van der Waals surface area (Å²) >= 11 is 1.60. The molecule has 0 fully saturated rings. The van der Waals surface area contributed by atoms with Gasteiger partial charge in [0.2, 0.25) is 5.88 Å². The summed E-state index contributed by atoms with van der Waals surface area (Å²) < 4.78 is 5.62. The summed E-state index contributed by atoms with van der Waals surface area (Å²) in [6, 6.07) is 11.8. The van der Waals surface area contributed by atoms with E-state index in [1.165, 1.54) is 11.1 Å². The Hall–Kier alpha value is -3.49. The molecule has 2 aromatic heterocycles. The molecule has 1 atom stereocenters. The summed E-state index contributed by atoms with van der Waals surface area (Å²) in [6.45, 7) is 4.99. The Kier molecular flexibility index (Phi) is 6.54. The van der Waals surface area contributed by atoms with Crippen molar-refractivity contribution in [3.63, 3.8) is 0 Å². The van der Waals surface area contributed by atoms with Gasteiger partial charge in [-0.3, -0.25) is 14.5 Å². The normalized spacial score (nSPS) is 16.3. The van der Waals surface area contributed by atoms with E-state index < -0.39 is 23.1 Å². The number of rotatable bonds is 7. The van der Waals surface area contributed by atoms with Crippen LogP contribution in [0.5, 0.6) is 5.88 Å². The molecule has 176 valence electrons. The Labute approximate surface area is 202 Å². The van der Waals surface area contributed by atoms with Gasteiger partial charge in [0.05, 0.1) is 12.2 Å². The van der Waals surface area contributed by atoms with Crippen LogP contribution in [0.3, 0.4) is 0 Å². The number of aromatic nitrogens is 1. The number of carbonyl (C=O) groups excluding carboxylic acids is 2. The fourth-order valence-electron chi connectivity index (χ4n) is 3.92. The number of hydrogen-bond donors (Lipinski definition) is 2.